The smallest absolute Gasteiger partial charge is 0.422 e. The van der Waals surface area contributed by atoms with Crippen LogP contribution in [0.25, 0.3) is 17.1 Å². The molecule has 0 aliphatic heterocycles. The lowest BCUT2D eigenvalue weighted by Gasteiger charge is -2.21. The average Bonchev–Trinajstić information content (AvgIpc) is 3.22. The molecule has 8 nitrogen and oxygen atoms in total. The lowest BCUT2D eigenvalue weighted by atomic mass is 10.1. The molecule has 164 valence electrons. The number of amides is 1. The zero-order valence-corrected chi connectivity index (χ0v) is 17.9. The van der Waals surface area contributed by atoms with Crippen molar-refractivity contribution in [1.29, 1.82) is 0 Å². The van der Waals surface area contributed by atoms with Crippen LogP contribution in [0.4, 0.5) is 9.18 Å². The van der Waals surface area contributed by atoms with E-state index in [0.717, 1.165) is 16.8 Å². The predicted octanol–water partition coefficient (Wildman–Crippen LogP) is 4.33. The van der Waals surface area contributed by atoms with Crippen molar-refractivity contribution < 1.29 is 18.7 Å². The molecule has 0 aliphatic carbocycles. The quantitative estimate of drug-likeness (QED) is 0.546. The summed E-state index contributed by atoms with van der Waals surface area (Å²) in [6.45, 7) is 6.48. The van der Waals surface area contributed by atoms with Gasteiger partial charge in [0.1, 0.15) is 17.7 Å². The van der Waals surface area contributed by atoms with Crippen LogP contribution in [-0.4, -0.2) is 33.3 Å². The summed E-state index contributed by atoms with van der Waals surface area (Å²) in [5.41, 5.74) is 7.53. The number of hydrazine groups is 1. The molecule has 1 aromatic heterocycles. The van der Waals surface area contributed by atoms with Crippen molar-refractivity contribution in [3.8, 4) is 22.8 Å². The first-order valence-corrected chi connectivity index (χ1v) is 9.81. The number of aromatic nitrogens is 3. The van der Waals surface area contributed by atoms with Gasteiger partial charge in [-0.15, -0.1) is 5.10 Å². The highest BCUT2D eigenvalue weighted by Crippen LogP contribution is 2.20. The minimum atomic E-state index is -0.867. The lowest BCUT2D eigenvalue weighted by molar-refractivity contribution is 0.0489. The van der Waals surface area contributed by atoms with Crippen LogP contribution in [0.2, 0.25) is 0 Å². The topological polar surface area (TPSA) is 90.3 Å². The van der Waals surface area contributed by atoms with Gasteiger partial charge in [0.15, 0.2) is 5.82 Å². The van der Waals surface area contributed by atoms with Gasteiger partial charge in [0, 0.05) is 11.6 Å². The van der Waals surface area contributed by atoms with Crippen LogP contribution in [0.15, 0.2) is 54.9 Å². The Balaban J connectivity index is 1.62. The summed E-state index contributed by atoms with van der Waals surface area (Å²) in [6, 6.07) is 14.5. The van der Waals surface area contributed by atoms with Crippen molar-refractivity contribution in [3.63, 3.8) is 0 Å². The first-order chi connectivity index (χ1) is 14.7. The molecule has 0 saturated carbocycles. The molecule has 3 aromatic rings. The van der Waals surface area contributed by atoms with E-state index >= 15 is 0 Å². The second-order valence-corrected chi connectivity index (χ2v) is 7.88. The number of hydrogen-bond acceptors (Lipinski definition) is 6. The van der Waals surface area contributed by atoms with Gasteiger partial charge in [0.25, 0.3) is 0 Å². The van der Waals surface area contributed by atoms with E-state index in [0.29, 0.717) is 11.6 Å². The van der Waals surface area contributed by atoms with Crippen LogP contribution in [0.1, 0.15) is 39.3 Å². The van der Waals surface area contributed by atoms with Gasteiger partial charge in [0.2, 0.25) is 6.86 Å². The van der Waals surface area contributed by atoms with Crippen LogP contribution in [-0.2, 0) is 4.74 Å². The Morgan fingerprint density at radius 2 is 1.81 bits per heavy atom. The van der Waals surface area contributed by atoms with Crippen LogP contribution in [0.5, 0.6) is 5.75 Å². The minimum Gasteiger partial charge on any atom is -0.463 e. The number of benzene rings is 2. The van der Waals surface area contributed by atoms with Gasteiger partial charge in [-0.05, 0) is 57.5 Å². The molecule has 31 heavy (non-hydrogen) atoms. The number of carbonyl (C=O) groups excluding carboxylic acids is 1. The number of nitrogens with one attached hydrogen (secondary N) is 2. The molecular weight excluding hydrogens is 401 g/mol. The summed E-state index contributed by atoms with van der Waals surface area (Å²) >= 11 is 0. The van der Waals surface area contributed by atoms with Crippen LogP contribution in [0.3, 0.4) is 0 Å². The third kappa shape index (κ3) is 6.26. The fourth-order valence-corrected chi connectivity index (χ4v) is 2.75. The molecule has 1 amide bonds. The van der Waals surface area contributed by atoms with Gasteiger partial charge in [-0.3, -0.25) is 5.43 Å². The van der Waals surface area contributed by atoms with Gasteiger partial charge >= 0.3 is 6.09 Å². The molecule has 0 bridgehead atoms. The summed E-state index contributed by atoms with van der Waals surface area (Å²) in [5.74, 6) is 1.02. The number of rotatable bonds is 7. The number of hydrogen-bond donors (Lipinski definition) is 2. The summed E-state index contributed by atoms with van der Waals surface area (Å²) in [7, 11) is 0. The number of carbonyl (C=O) groups is 1. The van der Waals surface area contributed by atoms with E-state index in [9.17, 15) is 9.18 Å². The summed E-state index contributed by atoms with van der Waals surface area (Å²) in [6.07, 6.45) is 1.08. The summed E-state index contributed by atoms with van der Waals surface area (Å²) in [4.78, 5) is 16.1. The van der Waals surface area contributed by atoms with Crippen LogP contribution >= 0.6 is 0 Å². The van der Waals surface area contributed by atoms with Gasteiger partial charge in [-0.1, -0.05) is 24.3 Å². The van der Waals surface area contributed by atoms with Crippen molar-refractivity contribution in [2.45, 2.75) is 39.3 Å². The highest BCUT2D eigenvalue weighted by atomic mass is 19.1. The van der Waals surface area contributed by atoms with Crippen LogP contribution < -0.4 is 15.6 Å². The molecule has 0 fully saturated rings. The Morgan fingerprint density at radius 3 is 2.42 bits per heavy atom. The maximum absolute atomic E-state index is 12.2. The third-order valence-electron chi connectivity index (χ3n) is 4.27. The Morgan fingerprint density at radius 1 is 1.13 bits per heavy atom. The van der Waals surface area contributed by atoms with E-state index in [1.54, 1.807) is 56.0 Å². The fraction of sp³-hybridized carbons (Fsp3) is 0.318. The normalized spacial score (nSPS) is 12.3. The maximum Gasteiger partial charge on any atom is 0.422 e. The zero-order chi connectivity index (χ0) is 22.4. The maximum atomic E-state index is 12.2. The average molecular weight is 427 g/mol. The van der Waals surface area contributed by atoms with Gasteiger partial charge < -0.3 is 9.47 Å². The van der Waals surface area contributed by atoms with Crippen LogP contribution in [0, 0.1) is 0 Å². The van der Waals surface area contributed by atoms with Crippen molar-refractivity contribution in [3.05, 3.63) is 60.4 Å². The highest BCUT2D eigenvalue weighted by Gasteiger charge is 2.16. The van der Waals surface area contributed by atoms with Crippen molar-refractivity contribution >= 4 is 6.09 Å². The zero-order valence-electron chi connectivity index (χ0n) is 17.9. The lowest BCUT2D eigenvalue weighted by Crippen LogP contribution is -2.42. The largest absolute Gasteiger partial charge is 0.463 e. The van der Waals surface area contributed by atoms with E-state index in [4.69, 9.17) is 9.47 Å². The number of halogens is 1. The molecule has 3 rings (SSSR count). The Labute approximate surface area is 180 Å². The molecule has 0 aliphatic rings. The molecule has 1 unspecified atom stereocenters. The fourth-order valence-electron chi connectivity index (χ4n) is 2.75. The SMILES string of the molecule is CC(NNC(=O)OC(C)(C)C)c1ccc(-c2ncn(-c3ccc(OCF)cc3)n2)cc1. The number of nitrogens with zero attached hydrogens (tertiary/aromatic N) is 3. The first kappa shape index (κ1) is 22.2. The second kappa shape index (κ2) is 9.57. The highest BCUT2D eigenvalue weighted by molar-refractivity contribution is 5.67. The number of ether oxygens (including phenoxy) is 2. The summed E-state index contributed by atoms with van der Waals surface area (Å²) < 4.78 is 23.9. The van der Waals surface area contributed by atoms with Gasteiger partial charge in [0.05, 0.1) is 5.69 Å². The predicted molar refractivity (Wildman–Crippen MR) is 114 cm³/mol. The summed E-state index contributed by atoms with van der Waals surface area (Å²) in [5, 5.41) is 4.50. The molecule has 0 spiro atoms. The van der Waals surface area contributed by atoms with E-state index in [-0.39, 0.29) is 6.04 Å². The van der Waals surface area contributed by atoms with Gasteiger partial charge in [-0.2, -0.15) is 0 Å². The Bertz CT molecular complexity index is 997. The van der Waals surface area contributed by atoms with Crippen molar-refractivity contribution in [2.75, 3.05) is 6.86 Å². The number of alkyl halides is 1. The molecule has 0 saturated heterocycles. The Kier molecular flexibility index (Phi) is 6.86. The van der Waals surface area contributed by atoms with Crippen molar-refractivity contribution in [1.82, 2.24) is 25.6 Å². The standard InChI is InChI=1S/C22H26FN5O3/c1-15(25-26-21(29)31-22(2,3)4)16-5-7-17(8-6-16)20-24-14-28(27-20)18-9-11-19(12-10-18)30-13-23/h5-12,14-15,25H,13H2,1-4H3,(H,26,29). The molecule has 2 N–H and O–H groups in total. The molecular formula is C22H26FN5O3. The third-order valence-corrected chi connectivity index (χ3v) is 4.27. The Hall–Kier alpha value is -3.46. The first-order valence-electron chi connectivity index (χ1n) is 9.81. The molecule has 1 atom stereocenters. The van der Waals surface area contributed by atoms with Crippen molar-refractivity contribution in [2.24, 2.45) is 0 Å². The molecule has 9 heteroatoms. The van der Waals surface area contributed by atoms with E-state index < -0.39 is 18.6 Å². The van der Waals surface area contributed by atoms with E-state index in [1.807, 2.05) is 31.2 Å². The molecule has 0 radical (unpaired) electrons. The monoisotopic (exact) mass is 427 g/mol. The molecule has 2 aromatic carbocycles. The molecule has 1 heterocycles. The second-order valence-electron chi connectivity index (χ2n) is 7.88. The van der Waals surface area contributed by atoms with Gasteiger partial charge in [-0.25, -0.2) is 24.3 Å². The van der Waals surface area contributed by atoms with E-state index in [1.165, 1.54) is 0 Å². The minimum absolute atomic E-state index is 0.128. The van der Waals surface area contributed by atoms with E-state index in [2.05, 4.69) is 20.9 Å².